The molecule has 1 aliphatic rings. The van der Waals surface area contributed by atoms with Crippen molar-refractivity contribution in [3.05, 3.63) is 0 Å². The number of nitrogens with one attached hydrogen (secondary N) is 1. The summed E-state index contributed by atoms with van der Waals surface area (Å²) in [5, 5.41) is 3.06. The number of likely N-dealkylation sites (N-methyl/N-ethyl adjacent to an activating group) is 1. The largest absolute Gasteiger partial charge is 0.359 e. The summed E-state index contributed by atoms with van der Waals surface area (Å²) in [4.78, 5) is 0. The van der Waals surface area contributed by atoms with E-state index in [-0.39, 0.29) is 6.23 Å². The molecule has 0 aliphatic carbocycles. The van der Waals surface area contributed by atoms with E-state index in [4.69, 9.17) is 4.74 Å². The lowest BCUT2D eigenvalue weighted by Crippen LogP contribution is -2.49. The Morgan fingerprint density at radius 3 is 2.67 bits per heavy atom. The number of hydrogen-bond acceptors (Lipinski definition) is 4. The summed E-state index contributed by atoms with van der Waals surface area (Å²) < 4.78 is 28.6. The minimum atomic E-state index is -3.13. The fourth-order valence-corrected chi connectivity index (χ4v) is 1.56. The van der Waals surface area contributed by atoms with Crippen molar-refractivity contribution in [1.82, 2.24) is 9.62 Å². The maximum atomic E-state index is 11.0. The molecule has 1 atom stereocenters. The zero-order valence-corrected chi connectivity index (χ0v) is 8.10. The fraction of sp³-hybridized carbons (Fsp3) is 1.00. The minimum absolute atomic E-state index is 0.353. The maximum absolute atomic E-state index is 11.0. The summed E-state index contributed by atoms with van der Waals surface area (Å²) in [7, 11) is -1.61. The normalized spacial score (nSPS) is 26.1. The molecule has 1 saturated heterocycles. The van der Waals surface area contributed by atoms with Crippen LogP contribution in [0.4, 0.5) is 0 Å². The van der Waals surface area contributed by atoms with Gasteiger partial charge < -0.3 is 10.1 Å². The summed E-state index contributed by atoms with van der Waals surface area (Å²) >= 11 is 0. The van der Waals surface area contributed by atoms with Gasteiger partial charge in [-0.05, 0) is 0 Å². The zero-order valence-electron chi connectivity index (χ0n) is 7.28. The Morgan fingerprint density at radius 2 is 2.25 bits per heavy atom. The predicted molar refractivity (Wildman–Crippen MR) is 45.2 cm³/mol. The highest BCUT2D eigenvalue weighted by atomic mass is 32.2. The predicted octanol–water partition coefficient (Wildman–Crippen LogP) is -1.18. The molecule has 1 fully saturated rings. The molecule has 0 aromatic heterocycles. The van der Waals surface area contributed by atoms with Gasteiger partial charge >= 0.3 is 0 Å². The fourth-order valence-electron chi connectivity index (χ4n) is 0.999. The van der Waals surface area contributed by atoms with Gasteiger partial charge in [-0.25, -0.2) is 8.42 Å². The molecule has 12 heavy (non-hydrogen) atoms. The van der Waals surface area contributed by atoms with Gasteiger partial charge in [-0.2, -0.15) is 4.31 Å². The first-order valence-corrected chi connectivity index (χ1v) is 5.62. The zero-order chi connectivity index (χ0) is 9.19. The van der Waals surface area contributed by atoms with Crippen molar-refractivity contribution in [2.75, 3.05) is 33.0 Å². The first kappa shape index (κ1) is 9.91. The molecule has 6 heteroatoms. The van der Waals surface area contributed by atoms with Crippen molar-refractivity contribution in [2.45, 2.75) is 6.23 Å². The molecule has 1 aliphatic heterocycles. The van der Waals surface area contributed by atoms with Crippen molar-refractivity contribution < 1.29 is 13.2 Å². The monoisotopic (exact) mass is 194 g/mol. The highest BCUT2D eigenvalue weighted by molar-refractivity contribution is 7.88. The number of morpholine rings is 1. The molecule has 1 unspecified atom stereocenters. The van der Waals surface area contributed by atoms with Gasteiger partial charge in [0.05, 0.1) is 12.9 Å². The Labute approximate surface area is 72.7 Å². The number of rotatable bonds is 2. The van der Waals surface area contributed by atoms with Crippen LogP contribution in [0.2, 0.25) is 0 Å². The lowest BCUT2D eigenvalue weighted by Gasteiger charge is -2.29. The Bertz CT molecular complexity index is 233. The molecule has 1 rings (SSSR count). The molecular weight excluding hydrogens is 180 g/mol. The smallest absolute Gasteiger partial charge is 0.213 e. The van der Waals surface area contributed by atoms with Crippen molar-refractivity contribution in [3.63, 3.8) is 0 Å². The van der Waals surface area contributed by atoms with Gasteiger partial charge in [0.25, 0.3) is 0 Å². The molecule has 0 aromatic carbocycles. The van der Waals surface area contributed by atoms with E-state index in [1.807, 2.05) is 0 Å². The molecule has 1 heterocycles. The molecule has 1 N–H and O–H groups in total. The average Bonchev–Trinajstić information content (AvgIpc) is 2.03. The molecule has 72 valence electrons. The Morgan fingerprint density at radius 1 is 1.58 bits per heavy atom. The summed E-state index contributed by atoms with van der Waals surface area (Å²) in [6.07, 6.45) is 0.819. The summed E-state index contributed by atoms with van der Waals surface area (Å²) in [6.45, 7) is 1.90. The van der Waals surface area contributed by atoms with E-state index in [1.54, 1.807) is 0 Å². The Balaban J connectivity index is 2.57. The van der Waals surface area contributed by atoms with Crippen LogP contribution in [0.25, 0.3) is 0 Å². The number of sulfonamides is 1. The van der Waals surface area contributed by atoms with E-state index in [2.05, 4.69) is 5.32 Å². The standard InChI is InChI=1S/C6H14N2O3S/c1-8(12(2,9)10)6-5-7-3-4-11-6/h6-7H,3-5H2,1-2H3. The van der Waals surface area contributed by atoms with E-state index >= 15 is 0 Å². The van der Waals surface area contributed by atoms with Crippen LogP contribution in [-0.2, 0) is 14.8 Å². The van der Waals surface area contributed by atoms with Crippen LogP contribution in [0.15, 0.2) is 0 Å². The van der Waals surface area contributed by atoms with E-state index in [1.165, 1.54) is 17.6 Å². The van der Waals surface area contributed by atoms with Gasteiger partial charge in [0.1, 0.15) is 6.23 Å². The third-order valence-electron chi connectivity index (χ3n) is 1.84. The second kappa shape index (κ2) is 3.69. The van der Waals surface area contributed by atoms with Gasteiger partial charge in [-0.15, -0.1) is 0 Å². The van der Waals surface area contributed by atoms with E-state index < -0.39 is 10.0 Å². The lowest BCUT2D eigenvalue weighted by molar-refractivity contribution is -0.0294. The molecular formula is C6H14N2O3S. The highest BCUT2D eigenvalue weighted by Crippen LogP contribution is 2.05. The lowest BCUT2D eigenvalue weighted by atomic mass is 10.4. The van der Waals surface area contributed by atoms with Crippen molar-refractivity contribution in [2.24, 2.45) is 0 Å². The topological polar surface area (TPSA) is 58.6 Å². The molecule has 0 saturated carbocycles. The molecule has 0 radical (unpaired) electrons. The Kier molecular flexibility index (Phi) is 3.05. The molecule has 5 nitrogen and oxygen atoms in total. The minimum Gasteiger partial charge on any atom is -0.359 e. The van der Waals surface area contributed by atoms with Crippen LogP contribution >= 0.6 is 0 Å². The van der Waals surface area contributed by atoms with Crippen LogP contribution in [-0.4, -0.2) is 52.0 Å². The van der Waals surface area contributed by atoms with E-state index in [9.17, 15) is 8.42 Å². The molecule has 0 aromatic rings. The molecule has 0 spiro atoms. The van der Waals surface area contributed by atoms with E-state index in [0.717, 1.165) is 6.54 Å². The summed E-state index contributed by atoms with van der Waals surface area (Å²) in [5.41, 5.74) is 0. The van der Waals surface area contributed by atoms with Crippen LogP contribution in [0.1, 0.15) is 0 Å². The second-order valence-corrected chi connectivity index (χ2v) is 4.85. The van der Waals surface area contributed by atoms with E-state index in [0.29, 0.717) is 13.2 Å². The third-order valence-corrected chi connectivity index (χ3v) is 3.12. The summed E-state index contributed by atoms with van der Waals surface area (Å²) in [5.74, 6) is 0. The number of hydrogen-bond donors (Lipinski definition) is 1. The first-order valence-electron chi connectivity index (χ1n) is 3.77. The highest BCUT2D eigenvalue weighted by Gasteiger charge is 2.24. The third kappa shape index (κ3) is 2.41. The van der Waals surface area contributed by atoms with Gasteiger partial charge in [-0.1, -0.05) is 0 Å². The van der Waals surface area contributed by atoms with Gasteiger partial charge in [0.15, 0.2) is 0 Å². The molecule has 0 bridgehead atoms. The van der Waals surface area contributed by atoms with Crippen molar-refractivity contribution in [1.29, 1.82) is 0 Å². The Hall–Kier alpha value is -0.170. The van der Waals surface area contributed by atoms with Gasteiger partial charge in [0, 0.05) is 20.1 Å². The first-order chi connectivity index (χ1) is 5.52. The van der Waals surface area contributed by atoms with Gasteiger partial charge in [0.2, 0.25) is 10.0 Å². The van der Waals surface area contributed by atoms with Gasteiger partial charge in [-0.3, -0.25) is 0 Å². The SMILES string of the molecule is CN(C1CNCCO1)S(C)(=O)=O. The van der Waals surface area contributed by atoms with Crippen LogP contribution < -0.4 is 5.32 Å². The molecule has 0 amide bonds. The second-order valence-electron chi connectivity index (χ2n) is 2.81. The average molecular weight is 194 g/mol. The summed E-state index contributed by atoms with van der Waals surface area (Å²) in [6, 6.07) is 0. The van der Waals surface area contributed by atoms with Crippen LogP contribution in [0.5, 0.6) is 0 Å². The van der Waals surface area contributed by atoms with Crippen molar-refractivity contribution >= 4 is 10.0 Å². The number of ether oxygens (including phenoxy) is 1. The number of nitrogens with zero attached hydrogens (tertiary/aromatic N) is 1. The quantitative estimate of drug-likeness (QED) is 0.601. The maximum Gasteiger partial charge on any atom is 0.213 e. The van der Waals surface area contributed by atoms with Crippen LogP contribution in [0, 0.1) is 0 Å². The van der Waals surface area contributed by atoms with Crippen molar-refractivity contribution in [3.8, 4) is 0 Å². The van der Waals surface area contributed by atoms with Crippen LogP contribution in [0.3, 0.4) is 0 Å².